The van der Waals surface area contributed by atoms with Crippen molar-refractivity contribution >= 4 is 23.3 Å². The lowest BCUT2D eigenvalue weighted by molar-refractivity contribution is -0.114. The molecule has 0 bridgehead atoms. The summed E-state index contributed by atoms with van der Waals surface area (Å²) in [5.74, 6) is -0.551. The number of benzene rings is 2. The van der Waals surface area contributed by atoms with E-state index in [4.69, 9.17) is 4.74 Å². The molecule has 5 heteroatoms. The smallest absolute Gasteiger partial charge is 0.337 e. The quantitative estimate of drug-likeness (QED) is 0.799. The number of anilines is 2. The molecule has 0 spiro atoms. The average molecular weight is 326 g/mol. The maximum absolute atomic E-state index is 12.1. The van der Waals surface area contributed by atoms with Gasteiger partial charge in [0, 0.05) is 11.4 Å². The number of carbonyl (C=O) groups is 2. The molecular formula is C19H22N2O3. The van der Waals surface area contributed by atoms with Crippen molar-refractivity contribution in [2.75, 3.05) is 24.3 Å². The Hall–Kier alpha value is -2.82. The first-order valence-corrected chi connectivity index (χ1v) is 7.85. The predicted molar refractivity (Wildman–Crippen MR) is 95.5 cm³/mol. The third-order valence-corrected chi connectivity index (χ3v) is 3.72. The lowest BCUT2D eigenvalue weighted by Crippen LogP contribution is -2.22. The Morgan fingerprint density at radius 3 is 2.62 bits per heavy atom. The molecule has 2 N–H and O–H groups in total. The van der Waals surface area contributed by atoms with Crippen LogP contribution in [0, 0.1) is 6.92 Å². The summed E-state index contributed by atoms with van der Waals surface area (Å²) in [6.07, 6.45) is 0.918. The summed E-state index contributed by atoms with van der Waals surface area (Å²) in [4.78, 5) is 23.7. The van der Waals surface area contributed by atoms with E-state index in [1.807, 2.05) is 37.3 Å². The number of carbonyl (C=O) groups excluding carboxylic acids is 2. The topological polar surface area (TPSA) is 67.4 Å². The third-order valence-electron chi connectivity index (χ3n) is 3.72. The molecule has 0 heterocycles. The molecule has 5 nitrogen and oxygen atoms in total. The molecular weight excluding hydrogens is 304 g/mol. The predicted octanol–water partition coefficient (Wildman–Crippen LogP) is 3.39. The number of hydrogen-bond acceptors (Lipinski definition) is 4. The third kappa shape index (κ3) is 4.59. The van der Waals surface area contributed by atoms with E-state index in [2.05, 4.69) is 17.6 Å². The summed E-state index contributed by atoms with van der Waals surface area (Å²) in [7, 11) is 1.34. The first-order valence-electron chi connectivity index (χ1n) is 7.85. The summed E-state index contributed by atoms with van der Waals surface area (Å²) in [5, 5.41) is 5.92. The van der Waals surface area contributed by atoms with Crippen LogP contribution in [-0.4, -0.2) is 25.5 Å². The second-order valence-electron chi connectivity index (χ2n) is 5.48. The minimum atomic E-state index is -0.404. The van der Waals surface area contributed by atoms with Crippen molar-refractivity contribution in [2.45, 2.75) is 20.3 Å². The number of rotatable bonds is 6. The van der Waals surface area contributed by atoms with Crippen LogP contribution in [0.4, 0.5) is 11.4 Å². The number of esters is 1. The number of aryl methyl sites for hydroxylation is 2. The van der Waals surface area contributed by atoms with Gasteiger partial charge in [-0.25, -0.2) is 4.79 Å². The maximum atomic E-state index is 12.1. The van der Waals surface area contributed by atoms with Gasteiger partial charge in [-0.3, -0.25) is 4.79 Å². The van der Waals surface area contributed by atoms with Crippen LogP contribution >= 0.6 is 0 Å². The Kier molecular flexibility index (Phi) is 5.95. The van der Waals surface area contributed by atoms with Gasteiger partial charge in [-0.05, 0) is 48.7 Å². The summed E-state index contributed by atoms with van der Waals surface area (Å²) in [6, 6.07) is 13.0. The van der Waals surface area contributed by atoms with Crippen LogP contribution < -0.4 is 10.6 Å². The largest absolute Gasteiger partial charge is 0.465 e. The number of hydrogen-bond donors (Lipinski definition) is 2. The van der Waals surface area contributed by atoms with E-state index < -0.39 is 5.97 Å². The number of amides is 1. The molecule has 0 aromatic heterocycles. The highest BCUT2D eigenvalue weighted by atomic mass is 16.5. The normalized spacial score (nSPS) is 10.1. The monoisotopic (exact) mass is 326 g/mol. The lowest BCUT2D eigenvalue weighted by atomic mass is 10.1. The Balaban J connectivity index is 1.99. The zero-order valence-corrected chi connectivity index (χ0v) is 14.2. The molecule has 2 aromatic carbocycles. The van der Waals surface area contributed by atoms with Crippen LogP contribution in [0.15, 0.2) is 42.5 Å². The van der Waals surface area contributed by atoms with Crippen LogP contribution in [0.2, 0.25) is 0 Å². The molecule has 1 amide bonds. The molecule has 0 aliphatic rings. The van der Waals surface area contributed by atoms with Crippen molar-refractivity contribution in [3.63, 3.8) is 0 Å². The molecule has 0 unspecified atom stereocenters. The van der Waals surface area contributed by atoms with Crippen molar-refractivity contribution in [3.05, 3.63) is 59.2 Å². The van der Waals surface area contributed by atoms with Crippen molar-refractivity contribution in [3.8, 4) is 0 Å². The lowest BCUT2D eigenvalue weighted by Gasteiger charge is -2.12. The fourth-order valence-electron chi connectivity index (χ4n) is 2.31. The van der Waals surface area contributed by atoms with Crippen LogP contribution in [-0.2, 0) is 16.0 Å². The SMILES string of the molecule is CCc1cccc(NC(=O)CNc2cc(C(=O)OC)ccc2C)c1. The maximum Gasteiger partial charge on any atom is 0.337 e. The molecule has 0 fully saturated rings. The molecule has 24 heavy (non-hydrogen) atoms. The van der Waals surface area contributed by atoms with Crippen molar-refractivity contribution < 1.29 is 14.3 Å². The molecule has 0 saturated heterocycles. The van der Waals surface area contributed by atoms with Gasteiger partial charge in [0.2, 0.25) is 5.91 Å². The first kappa shape index (κ1) is 17.5. The van der Waals surface area contributed by atoms with Gasteiger partial charge in [-0.2, -0.15) is 0 Å². The number of methoxy groups -OCH3 is 1. The van der Waals surface area contributed by atoms with Gasteiger partial charge in [-0.15, -0.1) is 0 Å². The summed E-state index contributed by atoms with van der Waals surface area (Å²) in [6.45, 7) is 4.09. The Morgan fingerprint density at radius 2 is 1.92 bits per heavy atom. The van der Waals surface area contributed by atoms with Crippen molar-refractivity contribution in [2.24, 2.45) is 0 Å². The zero-order chi connectivity index (χ0) is 17.5. The average Bonchev–Trinajstić information content (AvgIpc) is 2.60. The summed E-state index contributed by atoms with van der Waals surface area (Å²) in [5.41, 5.74) is 4.07. The van der Waals surface area contributed by atoms with Gasteiger partial charge < -0.3 is 15.4 Å². The highest BCUT2D eigenvalue weighted by Crippen LogP contribution is 2.17. The fourth-order valence-corrected chi connectivity index (χ4v) is 2.31. The van der Waals surface area contributed by atoms with E-state index in [0.29, 0.717) is 5.56 Å². The molecule has 126 valence electrons. The first-order chi connectivity index (χ1) is 11.5. The van der Waals surface area contributed by atoms with Crippen LogP contribution in [0.5, 0.6) is 0 Å². The highest BCUT2D eigenvalue weighted by Gasteiger charge is 2.09. The molecule has 0 radical (unpaired) electrons. The van der Waals surface area contributed by atoms with Crippen molar-refractivity contribution in [1.82, 2.24) is 0 Å². The van der Waals surface area contributed by atoms with Gasteiger partial charge in [0.15, 0.2) is 0 Å². The molecule has 0 saturated carbocycles. The van der Waals surface area contributed by atoms with Crippen LogP contribution in [0.25, 0.3) is 0 Å². The molecule has 0 aliphatic carbocycles. The van der Waals surface area contributed by atoms with E-state index >= 15 is 0 Å². The van der Waals surface area contributed by atoms with Gasteiger partial charge in [-0.1, -0.05) is 25.1 Å². The number of ether oxygens (including phenoxy) is 1. The Morgan fingerprint density at radius 1 is 1.12 bits per heavy atom. The zero-order valence-electron chi connectivity index (χ0n) is 14.2. The van der Waals surface area contributed by atoms with E-state index in [9.17, 15) is 9.59 Å². The molecule has 2 aromatic rings. The van der Waals surface area contributed by atoms with Crippen LogP contribution in [0.1, 0.15) is 28.4 Å². The fraction of sp³-hybridized carbons (Fsp3) is 0.263. The minimum absolute atomic E-state index is 0.113. The van der Waals surface area contributed by atoms with E-state index in [1.54, 1.807) is 12.1 Å². The van der Waals surface area contributed by atoms with E-state index in [0.717, 1.165) is 23.4 Å². The second-order valence-corrected chi connectivity index (χ2v) is 5.48. The van der Waals surface area contributed by atoms with E-state index in [1.165, 1.54) is 12.7 Å². The van der Waals surface area contributed by atoms with Gasteiger partial charge in [0.1, 0.15) is 0 Å². The molecule has 0 aliphatic heterocycles. The number of nitrogens with one attached hydrogen (secondary N) is 2. The minimum Gasteiger partial charge on any atom is -0.465 e. The standard InChI is InChI=1S/C19H22N2O3/c1-4-14-6-5-7-16(10-14)21-18(22)12-20-17-11-15(19(23)24-3)9-8-13(17)2/h5-11,20H,4,12H2,1-3H3,(H,21,22). The van der Waals surface area contributed by atoms with Gasteiger partial charge in [0.25, 0.3) is 0 Å². The van der Waals surface area contributed by atoms with Crippen molar-refractivity contribution in [1.29, 1.82) is 0 Å². The highest BCUT2D eigenvalue weighted by molar-refractivity contribution is 5.94. The molecule has 2 rings (SSSR count). The van der Waals surface area contributed by atoms with Gasteiger partial charge in [0.05, 0.1) is 19.2 Å². The summed E-state index contributed by atoms with van der Waals surface area (Å²) < 4.78 is 4.71. The Labute approximate surface area is 142 Å². The van der Waals surface area contributed by atoms with Gasteiger partial charge >= 0.3 is 5.97 Å². The Bertz CT molecular complexity index is 741. The van der Waals surface area contributed by atoms with Crippen LogP contribution in [0.3, 0.4) is 0 Å². The van der Waals surface area contributed by atoms with E-state index in [-0.39, 0.29) is 12.5 Å². The second kappa shape index (κ2) is 8.15. The molecule has 0 atom stereocenters. The summed E-state index contributed by atoms with van der Waals surface area (Å²) >= 11 is 0.